The Morgan fingerprint density at radius 2 is 1.61 bits per heavy atom. The van der Waals surface area contributed by atoms with Gasteiger partial charge in [-0.3, -0.25) is 13.9 Å². The number of benzene rings is 2. The number of hydrogen-bond acceptors (Lipinski definition) is 4. The highest BCUT2D eigenvalue weighted by Crippen LogP contribution is 2.28. The highest BCUT2D eigenvalue weighted by atomic mass is 35.5. The lowest BCUT2D eigenvalue weighted by molar-refractivity contribution is -0.141. The average molecular weight is 557 g/mol. The van der Waals surface area contributed by atoms with E-state index in [1.807, 2.05) is 34.6 Å². The van der Waals surface area contributed by atoms with Crippen LogP contribution in [0.25, 0.3) is 0 Å². The Morgan fingerprint density at radius 1 is 1.03 bits per heavy atom. The number of sulfonamides is 1. The first-order valence-corrected chi connectivity index (χ1v) is 14.2. The maximum Gasteiger partial charge on any atom is 0.244 e. The van der Waals surface area contributed by atoms with Gasteiger partial charge >= 0.3 is 0 Å². The predicted molar refractivity (Wildman–Crippen MR) is 147 cm³/mol. The molecule has 0 aromatic heterocycles. The summed E-state index contributed by atoms with van der Waals surface area (Å²) in [5.41, 5.74) is 2.22. The van der Waals surface area contributed by atoms with E-state index < -0.39 is 34.1 Å². The second kappa shape index (κ2) is 11.8. The van der Waals surface area contributed by atoms with E-state index in [2.05, 4.69) is 5.32 Å². The molecule has 0 aliphatic carbocycles. The molecule has 0 saturated heterocycles. The molecule has 0 fully saturated rings. The summed E-state index contributed by atoms with van der Waals surface area (Å²) in [6.07, 6.45) is 1.35. The first-order chi connectivity index (χ1) is 16.5. The fourth-order valence-corrected chi connectivity index (χ4v) is 5.08. The number of carbonyl (C=O) groups excluding carboxylic acids is 2. The van der Waals surface area contributed by atoms with Crippen LogP contribution in [0.4, 0.5) is 5.69 Å². The second-order valence-electron chi connectivity index (χ2n) is 9.92. The summed E-state index contributed by atoms with van der Waals surface area (Å²) in [5.74, 6) is -0.899. The highest BCUT2D eigenvalue weighted by molar-refractivity contribution is 7.92. The molecule has 0 bridgehead atoms. The highest BCUT2D eigenvalue weighted by Gasteiger charge is 2.33. The number of hydrogen-bond donors (Lipinski definition) is 1. The van der Waals surface area contributed by atoms with Crippen molar-refractivity contribution in [1.82, 2.24) is 10.2 Å². The maximum atomic E-state index is 13.8. The third-order valence-electron chi connectivity index (χ3n) is 5.73. The number of carbonyl (C=O) groups is 2. The molecule has 2 rings (SSSR count). The number of rotatable bonds is 9. The summed E-state index contributed by atoms with van der Waals surface area (Å²) >= 11 is 12.8. The summed E-state index contributed by atoms with van der Waals surface area (Å²) in [6, 6.07) is 9.32. The van der Waals surface area contributed by atoms with E-state index in [1.165, 1.54) is 4.90 Å². The fourth-order valence-electron chi connectivity index (χ4n) is 3.72. The topological polar surface area (TPSA) is 86.8 Å². The quantitative estimate of drug-likeness (QED) is 0.466. The van der Waals surface area contributed by atoms with Gasteiger partial charge in [0, 0.05) is 27.7 Å². The van der Waals surface area contributed by atoms with Crippen molar-refractivity contribution in [3.05, 3.63) is 63.1 Å². The lowest BCUT2D eigenvalue weighted by Crippen LogP contribution is -2.55. The van der Waals surface area contributed by atoms with Gasteiger partial charge in [-0.25, -0.2) is 8.42 Å². The van der Waals surface area contributed by atoms with Crippen LogP contribution in [0, 0.1) is 13.8 Å². The van der Waals surface area contributed by atoms with Crippen LogP contribution in [0.2, 0.25) is 10.0 Å². The number of nitrogens with zero attached hydrogens (tertiary/aromatic N) is 2. The van der Waals surface area contributed by atoms with Crippen molar-refractivity contribution in [3.63, 3.8) is 0 Å². The van der Waals surface area contributed by atoms with E-state index in [9.17, 15) is 18.0 Å². The Bertz CT molecular complexity index is 1210. The zero-order valence-electron chi connectivity index (χ0n) is 21.9. The Kier molecular flexibility index (Phi) is 9.84. The lowest BCUT2D eigenvalue weighted by Gasteiger charge is -2.35. The van der Waals surface area contributed by atoms with Gasteiger partial charge in [0.05, 0.1) is 11.9 Å². The van der Waals surface area contributed by atoms with Crippen molar-refractivity contribution >= 4 is 50.7 Å². The van der Waals surface area contributed by atoms with Gasteiger partial charge in [-0.1, -0.05) is 42.3 Å². The smallest absolute Gasteiger partial charge is 0.244 e. The van der Waals surface area contributed by atoms with Crippen molar-refractivity contribution in [2.24, 2.45) is 0 Å². The van der Waals surface area contributed by atoms with Crippen LogP contribution < -0.4 is 9.62 Å². The van der Waals surface area contributed by atoms with Gasteiger partial charge in [0.15, 0.2) is 0 Å². The van der Waals surface area contributed by atoms with Crippen LogP contribution in [-0.4, -0.2) is 49.5 Å². The van der Waals surface area contributed by atoms with Crippen LogP contribution >= 0.6 is 23.2 Å². The summed E-state index contributed by atoms with van der Waals surface area (Å²) in [6.45, 7) is 10.6. The predicted octanol–water partition coefficient (Wildman–Crippen LogP) is 5.10. The lowest BCUT2D eigenvalue weighted by atomic mass is 10.1. The molecule has 0 aliphatic rings. The number of nitrogens with one attached hydrogen (secondary N) is 1. The molecule has 7 nitrogen and oxygen atoms in total. The van der Waals surface area contributed by atoms with E-state index >= 15 is 0 Å². The molecule has 0 heterocycles. The van der Waals surface area contributed by atoms with Crippen LogP contribution in [0.5, 0.6) is 0 Å². The summed E-state index contributed by atoms with van der Waals surface area (Å²) in [5, 5.41) is 3.61. The van der Waals surface area contributed by atoms with E-state index in [0.29, 0.717) is 27.7 Å². The molecule has 0 saturated carbocycles. The van der Waals surface area contributed by atoms with Gasteiger partial charge < -0.3 is 10.2 Å². The van der Waals surface area contributed by atoms with Crippen molar-refractivity contribution in [1.29, 1.82) is 0 Å². The summed E-state index contributed by atoms with van der Waals surface area (Å²) in [4.78, 5) is 28.4. The Morgan fingerprint density at radius 3 is 2.08 bits per heavy atom. The molecule has 0 radical (unpaired) electrons. The number of halogens is 2. The Balaban J connectivity index is 2.54. The largest absolute Gasteiger partial charge is 0.350 e. The molecule has 2 aromatic rings. The van der Waals surface area contributed by atoms with E-state index in [4.69, 9.17) is 23.2 Å². The molecule has 10 heteroatoms. The number of amides is 2. The third kappa shape index (κ3) is 7.85. The normalized spacial score (nSPS) is 12.7. The first kappa shape index (κ1) is 29.9. The fraction of sp³-hybridized carbons (Fsp3) is 0.462. The van der Waals surface area contributed by atoms with Gasteiger partial charge in [-0.2, -0.15) is 0 Å². The minimum absolute atomic E-state index is 0.0576. The molecular weight excluding hydrogens is 521 g/mol. The molecule has 0 unspecified atom stereocenters. The zero-order valence-corrected chi connectivity index (χ0v) is 24.2. The van der Waals surface area contributed by atoms with Crippen LogP contribution in [0.15, 0.2) is 36.4 Å². The molecular formula is C26H35Cl2N3O4S. The Hall–Kier alpha value is -2.29. The van der Waals surface area contributed by atoms with E-state index in [1.54, 1.807) is 43.3 Å². The zero-order chi connectivity index (χ0) is 27.4. The first-order valence-electron chi connectivity index (χ1n) is 11.6. The van der Waals surface area contributed by atoms with Crippen molar-refractivity contribution in [2.45, 2.75) is 66.1 Å². The number of aryl methyl sites for hydroxylation is 2. The van der Waals surface area contributed by atoms with Crippen molar-refractivity contribution in [2.75, 3.05) is 17.1 Å². The molecule has 1 N–H and O–H groups in total. The van der Waals surface area contributed by atoms with Gasteiger partial charge in [0.25, 0.3) is 0 Å². The molecule has 2 aromatic carbocycles. The van der Waals surface area contributed by atoms with E-state index in [0.717, 1.165) is 21.7 Å². The molecule has 2 amide bonds. The summed E-state index contributed by atoms with van der Waals surface area (Å²) in [7, 11) is -3.81. The van der Waals surface area contributed by atoms with Gasteiger partial charge in [-0.15, -0.1) is 0 Å². The van der Waals surface area contributed by atoms with Gasteiger partial charge in [0.2, 0.25) is 21.8 Å². The van der Waals surface area contributed by atoms with E-state index in [-0.39, 0.29) is 12.5 Å². The van der Waals surface area contributed by atoms with Crippen LogP contribution in [0.1, 0.15) is 50.8 Å². The van der Waals surface area contributed by atoms with Crippen molar-refractivity contribution in [3.8, 4) is 0 Å². The summed E-state index contributed by atoms with van der Waals surface area (Å²) < 4.78 is 26.5. The maximum absolute atomic E-state index is 13.8. The molecule has 0 aliphatic heterocycles. The Labute approximate surface area is 224 Å². The number of anilines is 1. The van der Waals surface area contributed by atoms with Crippen molar-refractivity contribution < 1.29 is 18.0 Å². The molecule has 1 atom stereocenters. The molecule has 0 spiro atoms. The van der Waals surface area contributed by atoms with Crippen LogP contribution in [0.3, 0.4) is 0 Å². The standard InChI is InChI=1S/C26H35Cl2N3O4S/c1-8-23(25(33)29-26(4,5)6)30(15-20-21(27)10-9-11-22(20)28)24(32)16-31(36(7,34)35)19-13-12-17(2)18(3)14-19/h9-14,23H,8,15-16H2,1-7H3,(H,29,33)/t23-/m0/s1. The second-order valence-corrected chi connectivity index (χ2v) is 12.6. The minimum Gasteiger partial charge on any atom is -0.350 e. The minimum atomic E-state index is -3.81. The van der Waals surface area contributed by atoms with Crippen LogP contribution in [-0.2, 0) is 26.2 Å². The average Bonchev–Trinajstić information content (AvgIpc) is 2.73. The SMILES string of the molecule is CC[C@@H](C(=O)NC(C)(C)C)N(Cc1c(Cl)cccc1Cl)C(=O)CN(c1ccc(C)c(C)c1)S(C)(=O)=O. The molecule has 36 heavy (non-hydrogen) atoms. The molecule has 198 valence electrons. The van der Waals surface area contributed by atoms with Gasteiger partial charge in [0.1, 0.15) is 12.6 Å². The third-order valence-corrected chi connectivity index (χ3v) is 7.58. The monoisotopic (exact) mass is 555 g/mol. The van der Waals surface area contributed by atoms with Gasteiger partial charge in [-0.05, 0) is 76.4 Å².